The zero-order chi connectivity index (χ0) is 21.6. The van der Waals surface area contributed by atoms with E-state index in [0.717, 1.165) is 36.4 Å². The Labute approximate surface area is 187 Å². The van der Waals surface area contributed by atoms with Gasteiger partial charge in [0.05, 0.1) is 6.10 Å². The lowest BCUT2D eigenvalue weighted by Crippen LogP contribution is -2.50. The molecule has 168 valence electrons. The summed E-state index contributed by atoms with van der Waals surface area (Å²) in [5.41, 5.74) is 5.43. The lowest BCUT2D eigenvalue weighted by Gasteiger charge is -2.58. The van der Waals surface area contributed by atoms with Gasteiger partial charge in [-0.3, -0.25) is 5.43 Å². The third-order valence-corrected chi connectivity index (χ3v) is 9.94. The van der Waals surface area contributed by atoms with Gasteiger partial charge in [-0.05, 0) is 104 Å². The minimum Gasteiger partial charge on any atom is -0.393 e. The van der Waals surface area contributed by atoms with E-state index >= 15 is 0 Å². The Morgan fingerprint density at radius 3 is 2.84 bits per heavy atom. The Bertz CT molecular complexity index is 851. The van der Waals surface area contributed by atoms with E-state index in [1.54, 1.807) is 11.8 Å². The molecule has 3 saturated carbocycles. The third kappa shape index (κ3) is 3.55. The third-order valence-electron chi connectivity index (χ3n) is 9.94. The molecule has 4 nitrogen and oxygen atoms in total. The molecule has 4 aliphatic rings. The number of aliphatic hydroxyl groups excluding tert-OH is 1. The normalized spacial score (nSPS) is 43.0. The van der Waals surface area contributed by atoms with Crippen molar-refractivity contribution < 1.29 is 5.11 Å². The van der Waals surface area contributed by atoms with Crippen LogP contribution in [0.2, 0.25) is 0 Å². The highest BCUT2D eigenvalue weighted by Gasteiger charge is 2.59. The summed E-state index contributed by atoms with van der Waals surface area (Å²) in [6.45, 7) is 7.47. The number of anilines is 1. The Morgan fingerprint density at radius 2 is 2.03 bits per heavy atom. The number of fused-ring (bicyclic) bond motifs is 5. The molecular weight excluding hydrogens is 382 g/mol. The molecule has 1 aromatic rings. The molecule has 0 aliphatic heterocycles. The lowest BCUT2D eigenvalue weighted by atomic mass is 9.47. The molecule has 1 unspecified atom stereocenters. The Balaban J connectivity index is 1.31. The average molecular weight is 422 g/mol. The number of hydrogen-bond acceptors (Lipinski definition) is 4. The minimum atomic E-state index is -0.111. The summed E-state index contributed by atoms with van der Waals surface area (Å²) in [6.07, 6.45) is 16.1. The smallest absolute Gasteiger partial charge is 0.146 e. The van der Waals surface area contributed by atoms with Gasteiger partial charge in [0.2, 0.25) is 0 Å². The van der Waals surface area contributed by atoms with Gasteiger partial charge in [0.25, 0.3) is 0 Å². The molecule has 5 rings (SSSR count). The molecule has 1 heterocycles. The van der Waals surface area contributed by atoms with Crippen LogP contribution >= 0.6 is 0 Å². The molecule has 1 aromatic heterocycles. The van der Waals surface area contributed by atoms with Crippen molar-refractivity contribution in [1.29, 1.82) is 0 Å². The number of hydrazone groups is 1. The number of rotatable bonds is 4. The van der Waals surface area contributed by atoms with Gasteiger partial charge in [-0.15, -0.1) is 0 Å². The van der Waals surface area contributed by atoms with Crippen molar-refractivity contribution in [3.63, 3.8) is 0 Å². The van der Waals surface area contributed by atoms with E-state index in [1.165, 1.54) is 38.5 Å². The SMILES string of the molecule is CC(/C=N/Nc1ccccn1)[C@H]1CC[C@H]2[C@@H]3CC=C4C[C@@H](O)CC[C@]4(C)[C@H]3CC[C@]12C. The molecule has 0 saturated heterocycles. The van der Waals surface area contributed by atoms with E-state index in [1.807, 2.05) is 18.2 Å². The number of nitrogens with one attached hydrogen (secondary N) is 1. The molecule has 0 aromatic carbocycles. The van der Waals surface area contributed by atoms with Gasteiger partial charge in [0.1, 0.15) is 5.82 Å². The first-order valence-electron chi connectivity index (χ1n) is 12.5. The van der Waals surface area contributed by atoms with Crippen LogP contribution in [0.5, 0.6) is 0 Å². The number of nitrogens with zero attached hydrogens (tertiary/aromatic N) is 2. The van der Waals surface area contributed by atoms with Crippen molar-refractivity contribution >= 4 is 12.0 Å². The van der Waals surface area contributed by atoms with Gasteiger partial charge in [-0.25, -0.2) is 4.98 Å². The summed E-state index contributed by atoms with van der Waals surface area (Å²) < 4.78 is 0. The fourth-order valence-electron chi connectivity index (χ4n) is 8.30. The highest BCUT2D eigenvalue weighted by atomic mass is 16.3. The molecule has 4 heteroatoms. The molecule has 0 bridgehead atoms. The maximum Gasteiger partial charge on any atom is 0.146 e. The summed E-state index contributed by atoms with van der Waals surface area (Å²) >= 11 is 0. The lowest BCUT2D eigenvalue weighted by molar-refractivity contribution is -0.0529. The first kappa shape index (κ1) is 21.2. The van der Waals surface area contributed by atoms with Crippen LogP contribution in [0.3, 0.4) is 0 Å². The molecular formula is C27H39N3O. The second kappa shape index (κ2) is 8.03. The fraction of sp³-hybridized carbons (Fsp3) is 0.704. The van der Waals surface area contributed by atoms with Crippen molar-refractivity contribution in [1.82, 2.24) is 4.98 Å². The van der Waals surface area contributed by atoms with Gasteiger partial charge in [-0.2, -0.15) is 5.10 Å². The standard InChI is InChI=1S/C27H39N3O/c1-18(17-29-30-25-6-4-5-15-28-25)22-9-10-23-21-8-7-19-16-20(31)11-13-26(19,2)24(21)12-14-27(22,23)3/h4-7,15,17-18,20-24,31H,8-14,16H2,1-3H3,(H,28,30)/b29-17+/t18?,20-,21-,22+,23-,24-,26-,27+/m0/s1. The van der Waals surface area contributed by atoms with Crippen molar-refractivity contribution in [2.45, 2.75) is 78.2 Å². The second-order valence-corrected chi connectivity index (χ2v) is 11.3. The predicted octanol–water partition coefficient (Wildman–Crippen LogP) is 6.06. The Kier molecular flexibility index (Phi) is 5.48. The summed E-state index contributed by atoms with van der Waals surface area (Å²) in [5, 5.41) is 14.8. The van der Waals surface area contributed by atoms with Gasteiger partial charge in [0.15, 0.2) is 0 Å². The predicted molar refractivity (Wildman–Crippen MR) is 127 cm³/mol. The number of hydrogen-bond donors (Lipinski definition) is 2. The molecule has 31 heavy (non-hydrogen) atoms. The Hall–Kier alpha value is -1.68. The van der Waals surface area contributed by atoms with Gasteiger partial charge >= 0.3 is 0 Å². The van der Waals surface area contributed by atoms with Gasteiger partial charge in [-0.1, -0.05) is 38.5 Å². The van der Waals surface area contributed by atoms with Crippen LogP contribution in [-0.4, -0.2) is 22.4 Å². The molecule has 0 amide bonds. The maximum absolute atomic E-state index is 10.2. The number of aliphatic hydroxyl groups is 1. The van der Waals surface area contributed by atoms with E-state index < -0.39 is 0 Å². The van der Waals surface area contributed by atoms with Crippen LogP contribution in [0.4, 0.5) is 5.82 Å². The van der Waals surface area contributed by atoms with E-state index in [9.17, 15) is 5.11 Å². The maximum atomic E-state index is 10.2. The summed E-state index contributed by atoms with van der Waals surface area (Å²) in [5.74, 6) is 4.45. The first-order valence-corrected chi connectivity index (χ1v) is 12.5. The van der Waals surface area contributed by atoms with E-state index in [-0.39, 0.29) is 6.10 Å². The molecule has 4 aliphatic carbocycles. The zero-order valence-electron chi connectivity index (χ0n) is 19.4. The van der Waals surface area contributed by atoms with Crippen molar-refractivity contribution in [3.8, 4) is 0 Å². The molecule has 0 radical (unpaired) electrons. The average Bonchev–Trinajstić information content (AvgIpc) is 3.12. The van der Waals surface area contributed by atoms with Crippen molar-refractivity contribution in [3.05, 3.63) is 36.0 Å². The number of aromatic nitrogens is 1. The van der Waals surface area contributed by atoms with E-state index in [4.69, 9.17) is 0 Å². The van der Waals surface area contributed by atoms with Crippen LogP contribution < -0.4 is 5.43 Å². The number of allylic oxidation sites excluding steroid dienone is 1. The highest BCUT2D eigenvalue weighted by molar-refractivity contribution is 5.62. The van der Waals surface area contributed by atoms with Crippen LogP contribution in [0.15, 0.2) is 41.1 Å². The van der Waals surface area contributed by atoms with E-state index in [0.29, 0.717) is 22.7 Å². The molecule has 2 N–H and O–H groups in total. The number of pyridine rings is 1. The summed E-state index contributed by atoms with van der Waals surface area (Å²) in [4.78, 5) is 4.30. The highest BCUT2D eigenvalue weighted by Crippen LogP contribution is 2.67. The van der Waals surface area contributed by atoms with Crippen LogP contribution in [0.1, 0.15) is 72.1 Å². The quantitative estimate of drug-likeness (QED) is 0.353. The van der Waals surface area contributed by atoms with Crippen LogP contribution in [0.25, 0.3) is 0 Å². The van der Waals surface area contributed by atoms with Crippen LogP contribution in [-0.2, 0) is 0 Å². The fourth-order valence-corrected chi connectivity index (χ4v) is 8.30. The topological polar surface area (TPSA) is 57.5 Å². The van der Waals surface area contributed by atoms with Crippen molar-refractivity contribution in [2.75, 3.05) is 5.43 Å². The largest absolute Gasteiger partial charge is 0.393 e. The van der Waals surface area contributed by atoms with Crippen LogP contribution in [0, 0.1) is 40.4 Å². The van der Waals surface area contributed by atoms with Gasteiger partial charge in [0, 0.05) is 12.4 Å². The molecule has 0 spiro atoms. The first-order chi connectivity index (χ1) is 14.9. The minimum absolute atomic E-state index is 0.111. The second-order valence-electron chi connectivity index (χ2n) is 11.3. The zero-order valence-corrected chi connectivity index (χ0v) is 19.4. The summed E-state index contributed by atoms with van der Waals surface area (Å²) in [6, 6.07) is 5.85. The van der Waals surface area contributed by atoms with Crippen molar-refractivity contribution in [2.24, 2.45) is 45.5 Å². The Morgan fingerprint density at radius 1 is 1.16 bits per heavy atom. The van der Waals surface area contributed by atoms with E-state index in [2.05, 4.69) is 48.6 Å². The summed E-state index contributed by atoms with van der Waals surface area (Å²) in [7, 11) is 0. The molecule has 3 fully saturated rings. The van der Waals surface area contributed by atoms with Gasteiger partial charge < -0.3 is 5.11 Å². The monoisotopic (exact) mass is 421 g/mol. The molecule has 8 atom stereocenters.